The first-order valence-corrected chi connectivity index (χ1v) is 0. The van der Waals surface area contributed by atoms with Crippen molar-refractivity contribution in [1.29, 1.82) is 0 Å². The van der Waals surface area contributed by atoms with E-state index in [1.54, 1.807) is 0 Å². The average Bonchev–Trinajstić information content (AvgIpc) is 0. The zero-order chi connectivity index (χ0) is 0. The van der Waals surface area contributed by atoms with Crippen molar-refractivity contribution in [3.63, 3.8) is 0 Å². The van der Waals surface area contributed by atoms with Crippen LogP contribution in [-0.2, 0) is 17.1 Å². The summed E-state index contributed by atoms with van der Waals surface area (Å²) in [7, 11) is 0. The Bertz CT molecular complexity index is 16.0. The maximum atomic E-state index is 0. The van der Waals surface area contributed by atoms with Gasteiger partial charge in [0.25, 0.3) is 0 Å². The summed E-state index contributed by atoms with van der Waals surface area (Å²) >= 11 is 0. The molecule has 0 amide bonds. The van der Waals surface area contributed by atoms with Crippen molar-refractivity contribution in [3.05, 3.63) is 0 Å². The van der Waals surface area contributed by atoms with Crippen molar-refractivity contribution in [2.45, 2.75) is 0 Å². The van der Waals surface area contributed by atoms with Crippen molar-refractivity contribution in [3.8, 4) is 0 Å². The van der Waals surface area contributed by atoms with Gasteiger partial charge >= 0.3 is 77.9 Å². The van der Waals surface area contributed by atoms with Crippen molar-refractivity contribution in [2.75, 3.05) is 0 Å². The molecule has 0 nitrogen and oxygen atoms in total. The third-order valence-electron chi connectivity index (χ3n) is 0. The van der Waals surface area contributed by atoms with E-state index in [1.165, 1.54) is 0 Å². The van der Waals surface area contributed by atoms with Gasteiger partial charge in [0.15, 0.2) is 0 Å². The van der Waals surface area contributed by atoms with E-state index in [0.29, 0.717) is 0 Å². The summed E-state index contributed by atoms with van der Waals surface area (Å²) in [5.74, 6) is 0. The Labute approximate surface area is 98.9 Å². The molecule has 0 bridgehead atoms. The van der Waals surface area contributed by atoms with Gasteiger partial charge in [0.1, 0.15) is 0 Å². The van der Waals surface area contributed by atoms with Crippen molar-refractivity contribution < 1.29 is 22.8 Å². The quantitative estimate of drug-likeness (QED) is 0.434. The minimum atomic E-state index is 0. The summed E-state index contributed by atoms with van der Waals surface area (Å²) in [5.41, 5.74) is 0. The van der Waals surface area contributed by atoms with Gasteiger partial charge in [-0.25, -0.2) is 0 Å². The SMILES string of the molecule is [Ca+2].[H-].[H-].[H-].[H-].[Mg+2].[Mn].[SeH2]. The Morgan fingerprint density at radius 2 is 1.25 bits per heavy atom. The van der Waals surface area contributed by atoms with Crippen LogP contribution in [0.25, 0.3) is 0 Å². The Hall–Kier alpha value is 3.06. The van der Waals surface area contributed by atoms with E-state index in [9.17, 15) is 0 Å². The molecule has 0 saturated carbocycles. The molecule has 4 heavy (non-hydrogen) atoms. The molecule has 0 aliphatic rings. The second kappa shape index (κ2) is 16.6. The van der Waals surface area contributed by atoms with Crippen LogP contribution in [-0.4, -0.2) is 77.9 Å². The van der Waals surface area contributed by atoms with E-state index in [0.717, 1.165) is 0 Å². The van der Waals surface area contributed by atoms with Gasteiger partial charge in [-0.1, -0.05) is 0 Å². The summed E-state index contributed by atoms with van der Waals surface area (Å²) in [6.07, 6.45) is 0. The van der Waals surface area contributed by atoms with Gasteiger partial charge in [0.2, 0.25) is 0 Å². The Morgan fingerprint density at radius 3 is 1.25 bits per heavy atom. The summed E-state index contributed by atoms with van der Waals surface area (Å²) < 4.78 is 0. The molecule has 0 aromatic heterocycles. The molecule has 0 saturated heterocycles. The van der Waals surface area contributed by atoms with Gasteiger partial charge in [-0.05, 0) is 0 Å². The van der Waals surface area contributed by atoms with Gasteiger partial charge in [-0.15, -0.1) is 0 Å². The van der Waals surface area contributed by atoms with Crippen LogP contribution >= 0.6 is 0 Å². The molecular formula is H6CaMgMnSe. The number of hydrogen-bond donors (Lipinski definition) is 0. The Morgan fingerprint density at radius 1 is 1.25 bits per heavy atom. The molecule has 0 aromatic carbocycles. The van der Waals surface area contributed by atoms with Crippen molar-refractivity contribution >= 4 is 77.9 Å². The van der Waals surface area contributed by atoms with E-state index in [1.807, 2.05) is 0 Å². The van der Waals surface area contributed by atoms with Crippen LogP contribution in [0.15, 0.2) is 0 Å². The topological polar surface area (TPSA) is 0 Å². The first kappa shape index (κ1) is 27.7. The molecule has 0 aliphatic heterocycles. The van der Waals surface area contributed by atoms with Crippen LogP contribution in [0.3, 0.4) is 0 Å². The fourth-order valence-corrected chi connectivity index (χ4v) is 0. The van der Waals surface area contributed by atoms with Crippen molar-refractivity contribution in [1.82, 2.24) is 0 Å². The zero-order valence-electron chi connectivity index (χ0n) is 6.29. The molecule has 23 valence electrons. The molecular weight excluding hydrogens is 198 g/mol. The minimum absolute atomic E-state index is 0. The maximum absolute atomic E-state index is 0. The molecule has 0 rings (SSSR count). The van der Waals surface area contributed by atoms with E-state index in [-0.39, 0.29) is 101 Å². The molecule has 0 fully saturated rings. The normalized spacial score (nSPS) is 0. The van der Waals surface area contributed by atoms with Gasteiger partial charge in [-0.3, -0.25) is 0 Å². The first-order valence-electron chi connectivity index (χ1n) is 0. The number of hydrogen-bond acceptors (Lipinski definition) is 0. The van der Waals surface area contributed by atoms with E-state index >= 15 is 0 Å². The van der Waals surface area contributed by atoms with Crippen LogP contribution in [0.4, 0.5) is 0 Å². The molecule has 0 spiro atoms. The molecule has 1 radical (unpaired) electrons. The van der Waals surface area contributed by atoms with Gasteiger partial charge in [-0.2, -0.15) is 0 Å². The molecule has 0 N–H and O–H groups in total. The fraction of sp³-hybridized carbons (Fsp3) is 0. The summed E-state index contributed by atoms with van der Waals surface area (Å²) in [6, 6.07) is 0. The summed E-state index contributed by atoms with van der Waals surface area (Å²) in [6.45, 7) is 0. The van der Waals surface area contributed by atoms with Crippen LogP contribution in [0.1, 0.15) is 5.71 Å². The number of rotatable bonds is 0. The third-order valence-corrected chi connectivity index (χ3v) is 0. The van der Waals surface area contributed by atoms with E-state index < -0.39 is 0 Å². The predicted octanol–water partition coefficient (Wildman–Crippen LogP) is -1.23. The monoisotopic (exact) mass is 205 g/mol. The molecule has 4 heteroatoms. The zero-order valence-corrected chi connectivity index (χ0v) is 9.19. The van der Waals surface area contributed by atoms with Crippen LogP contribution < -0.4 is 0 Å². The Balaban J connectivity index is 0. The molecule has 0 aliphatic carbocycles. The van der Waals surface area contributed by atoms with Gasteiger partial charge in [0, 0.05) is 17.1 Å². The standard InChI is InChI=1S/Ca.Mg.Mn.H2Se.4H/h;;;1H2;;;;/q2*+2;;;4*-1. The first-order chi connectivity index (χ1) is 0. The summed E-state index contributed by atoms with van der Waals surface area (Å²) in [4.78, 5) is 0. The third kappa shape index (κ3) is 8.91. The van der Waals surface area contributed by atoms with Crippen LogP contribution in [0.2, 0.25) is 0 Å². The Kier molecular flexibility index (Phi) is 115. The van der Waals surface area contributed by atoms with Crippen LogP contribution in [0, 0.1) is 0 Å². The van der Waals surface area contributed by atoms with Gasteiger partial charge in [0.05, 0.1) is 0 Å². The molecule has 0 unspecified atom stereocenters. The molecule has 0 heterocycles. The van der Waals surface area contributed by atoms with Crippen LogP contribution in [0.5, 0.6) is 0 Å². The second-order valence-electron chi connectivity index (χ2n) is 0. The average molecular weight is 204 g/mol. The van der Waals surface area contributed by atoms with E-state index in [2.05, 4.69) is 0 Å². The molecule has 0 atom stereocenters. The molecule has 0 aromatic rings. The fourth-order valence-electron chi connectivity index (χ4n) is 0. The summed E-state index contributed by atoms with van der Waals surface area (Å²) in [5, 5.41) is 0. The predicted molar refractivity (Wildman–Crippen MR) is 24.5 cm³/mol. The van der Waals surface area contributed by atoms with Gasteiger partial charge < -0.3 is 5.71 Å². The van der Waals surface area contributed by atoms with E-state index in [4.69, 9.17) is 0 Å². The van der Waals surface area contributed by atoms with Crippen molar-refractivity contribution in [2.24, 2.45) is 0 Å². The second-order valence-corrected chi connectivity index (χ2v) is 0.